The van der Waals surface area contributed by atoms with Crippen molar-refractivity contribution in [2.24, 2.45) is 0 Å². The number of phenolic OH excluding ortho intramolecular Hbond substituents is 1. The second-order valence-corrected chi connectivity index (χ2v) is 5.17. The van der Waals surface area contributed by atoms with Crippen molar-refractivity contribution in [2.45, 2.75) is 38.3 Å². The standard InChI is InChI=1S/C15H21NO4/c1-20-12-7-6-11(14(17)9-12)10-16-8-4-2-3-5-13(16)15(18)19/h6-7,9,13,17H,2-5,8,10H2,1H3,(H,18,19). The van der Waals surface area contributed by atoms with E-state index in [0.717, 1.165) is 31.4 Å². The first kappa shape index (κ1) is 14.7. The summed E-state index contributed by atoms with van der Waals surface area (Å²) in [6.45, 7) is 1.20. The number of methoxy groups -OCH3 is 1. The van der Waals surface area contributed by atoms with Gasteiger partial charge in [0.15, 0.2) is 0 Å². The van der Waals surface area contributed by atoms with Crippen molar-refractivity contribution in [1.82, 2.24) is 4.90 Å². The summed E-state index contributed by atoms with van der Waals surface area (Å²) in [6, 6.07) is 4.67. The highest BCUT2D eigenvalue weighted by Crippen LogP contribution is 2.27. The Hall–Kier alpha value is -1.75. The Bertz CT molecular complexity index is 475. The summed E-state index contributed by atoms with van der Waals surface area (Å²) in [6.07, 6.45) is 3.68. The van der Waals surface area contributed by atoms with Crippen LogP contribution in [0.25, 0.3) is 0 Å². The third-order valence-corrected chi connectivity index (χ3v) is 3.81. The lowest BCUT2D eigenvalue weighted by Gasteiger charge is -2.27. The van der Waals surface area contributed by atoms with E-state index in [4.69, 9.17) is 4.74 Å². The van der Waals surface area contributed by atoms with Gasteiger partial charge < -0.3 is 14.9 Å². The molecule has 110 valence electrons. The Balaban J connectivity index is 2.15. The average Bonchev–Trinajstić information content (AvgIpc) is 2.66. The smallest absolute Gasteiger partial charge is 0.320 e. The summed E-state index contributed by atoms with van der Waals surface area (Å²) in [5, 5.41) is 19.3. The Morgan fingerprint density at radius 1 is 1.40 bits per heavy atom. The molecule has 0 aliphatic carbocycles. The van der Waals surface area contributed by atoms with E-state index in [9.17, 15) is 15.0 Å². The molecule has 2 N–H and O–H groups in total. The van der Waals surface area contributed by atoms with Gasteiger partial charge in [-0.15, -0.1) is 0 Å². The first-order valence-electron chi connectivity index (χ1n) is 6.94. The molecule has 1 heterocycles. The number of likely N-dealkylation sites (tertiary alicyclic amines) is 1. The van der Waals surface area contributed by atoms with Crippen molar-refractivity contribution in [3.63, 3.8) is 0 Å². The highest BCUT2D eigenvalue weighted by molar-refractivity contribution is 5.73. The van der Waals surface area contributed by atoms with Crippen LogP contribution in [0.3, 0.4) is 0 Å². The number of ether oxygens (including phenoxy) is 1. The molecule has 5 heteroatoms. The summed E-state index contributed by atoms with van der Waals surface area (Å²) in [5.74, 6) is -0.0328. The number of aliphatic carboxylic acids is 1. The zero-order valence-corrected chi connectivity index (χ0v) is 11.7. The van der Waals surface area contributed by atoms with E-state index in [-0.39, 0.29) is 5.75 Å². The second kappa shape index (κ2) is 6.61. The van der Waals surface area contributed by atoms with Crippen LogP contribution in [0.15, 0.2) is 18.2 Å². The van der Waals surface area contributed by atoms with Gasteiger partial charge in [-0.25, -0.2) is 0 Å². The number of phenols is 1. The van der Waals surface area contributed by atoms with Gasteiger partial charge in [0.05, 0.1) is 7.11 Å². The van der Waals surface area contributed by atoms with Crippen LogP contribution in [-0.2, 0) is 11.3 Å². The minimum Gasteiger partial charge on any atom is -0.507 e. The number of rotatable bonds is 4. The monoisotopic (exact) mass is 279 g/mol. The predicted molar refractivity (Wildman–Crippen MR) is 75.0 cm³/mol. The SMILES string of the molecule is COc1ccc(CN2CCCCCC2C(=O)O)c(O)c1. The van der Waals surface area contributed by atoms with E-state index < -0.39 is 12.0 Å². The van der Waals surface area contributed by atoms with Gasteiger partial charge in [0.2, 0.25) is 0 Å². The van der Waals surface area contributed by atoms with E-state index in [1.54, 1.807) is 25.3 Å². The maximum absolute atomic E-state index is 11.4. The molecule has 1 aromatic carbocycles. The molecule has 2 rings (SSSR count). The van der Waals surface area contributed by atoms with Gasteiger partial charge in [-0.1, -0.05) is 18.9 Å². The van der Waals surface area contributed by atoms with Crippen LogP contribution in [0.4, 0.5) is 0 Å². The molecule has 0 bridgehead atoms. The van der Waals surface area contributed by atoms with Gasteiger partial charge in [0.25, 0.3) is 0 Å². The first-order chi connectivity index (χ1) is 9.61. The van der Waals surface area contributed by atoms with Gasteiger partial charge in [0.1, 0.15) is 17.5 Å². The van der Waals surface area contributed by atoms with Crippen molar-refractivity contribution in [1.29, 1.82) is 0 Å². The average molecular weight is 279 g/mol. The molecule has 0 spiro atoms. The Kier molecular flexibility index (Phi) is 4.84. The number of aromatic hydroxyl groups is 1. The van der Waals surface area contributed by atoms with Gasteiger partial charge in [-0.3, -0.25) is 9.69 Å². The lowest BCUT2D eigenvalue weighted by Crippen LogP contribution is -2.40. The molecule has 5 nitrogen and oxygen atoms in total. The topological polar surface area (TPSA) is 70.0 Å². The van der Waals surface area contributed by atoms with Crippen molar-refractivity contribution < 1.29 is 19.7 Å². The summed E-state index contributed by atoms with van der Waals surface area (Å²) in [4.78, 5) is 13.3. The number of carboxylic acids is 1. The van der Waals surface area contributed by atoms with Crippen LogP contribution in [0.5, 0.6) is 11.5 Å². The maximum atomic E-state index is 11.4. The van der Waals surface area contributed by atoms with Crippen molar-refractivity contribution in [3.05, 3.63) is 23.8 Å². The van der Waals surface area contributed by atoms with E-state index >= 15 is 0 Å². The second-order valence-electron chi connectivity index (χ2n) is 5.17. The lowest BCUT2D eigenvalue weighted by molar-refractivity contribution is -0.143. The molecule has 1 unspecified atom stereocenters. The third-order valence-electron chi connectivity index (χ3n) is 3.81. The van der Waals surface area contributed by atoms with Crippen molar-refractivity contribution in [2.75, 3.05) is 13.7 Å². The summed E-state index contributed by atoms with van der Waals surface area (Å²) < 4.78 is 5.05. The number of benzene rings is 1. The molecule has 1 aliphatic heterocycles. The quantitative estimate of drug-likeness (QED) is 0.884. The number of carboxylic acid groups (broad SMARTS) is 1. The van der Waals surface area contributed by atoms with Crippen LogP contribution in [0, 0.1) is 0 Å². The zero-order chi connectivity index (χ0) is 14.5. The molecular formula is C15H21NO4. The van der Waals surface area contributed by atoms with Gasteiger partial charge in [-0.05, 0) is 25.5 Å². The molecule has 20 heavy (non-hydrogen) atoms. The fourth-order valence-electron chi connectivity index (χ4n) is 2.66. The van der Waals surface area contributed by atoms with Gasteiger partial charge in [0, 0.05) is 18.2 Å². The first-order valence-corrected chi connectivity index (χ1v) is 6.94. The van der Waals surface area contributed by atoms with Gasteiger partial charge >= 0.3 is 5.97 Å². The van der Waals surface area contributed by atoms with E-state index in [2.05, 4.69) is 0 Å². The summed E-state index contributed by atoms with van der Waals surface area (Å²) >= 11 is 0. The Morgan fingerprint density at radius 2 is 2.20 bits per heavy atom. The molecule has 1 fully saturated rings. The lowest BCUT2D eigenvalue weighted by atomic mass is 10.1. The largest absolute Gasteiger partial charge is 0.507 e. The molecule has 0 radical (unpaired) electrons. The fourth-order valence-corrected chi connectivity index (χ4v) is 2.66. The molecule has 0 amide bonds. The zero-order valence-electron chi connectivity index (χ0n) is 11.7. The van der Waals surface area contributed by atoms with E-state index in [0.29, 0.717) is 18.7 Å². The molecular weight excluding hydrogens is 258 g/mol. The Morgan fingerprint density at radius 3 is 2.85 bits per heavy atom. The molecule has 1 aliphatic rings. The molecule has 1 atom stereocenters. The third kappa shape index (κ3) is 3.42. The molecule has 1 aromatic rings. The van der Waals surface area contributed by atoms with Crippen molar-refractivity contribution >= 4 is 5.97 Å². The van der Waals surface area contributed by atoms with Crippen LogP contribution >= 0.6 is 0 Å². The van der Waals surface area contributed by atoms with Crippen LogP contribution in [0.1, 0.15) is 31.2 Å². The number of carbonyl (C=O) groups is 1. The fraction of sp³-hybridized carbons (Fsp3) is 0.533. The molecule has 1 saturated heterocycles. The van der Waals surface area contributed by atoms with Crippen LogP contribution in [-0.4, -0.2) is 40.8 Å². The summed E-state index contributed by atoms with van der Waals surface area (Å²) in [5.41, 5.74) is 0.735. The van der Waals surface area contributed by atoms with Crippen LogP contribution in [0.2, 0.25) is 0 Å². The minimum absolute atomic E-state index is 0.151. The number of hydrogen-bond acceptors (Lipinski definition) is 4. The Labute approximate surface area is 118 Å². The predicted octanol–water partition coefficient (Wildman–Crippen LogP) is 2.23. The van der Waals surface area contributed by atoms with Crippen molar-refractivity contribution in [3.8, 4) is 11.5 Å². The summed E-state index contributed by atoms with van der Waals surface area (Å²) in [7, 11) is 1.55. The molecule has 0 aromatic heterocycles. The maximum Gasteiger partial charge on any atom is 0.320 e. The van der Waals surface area contributed by atoms with Gasteiger partial charge in [-0.2, -0.15) is 0 Å². The number of nitrogens with zero attached hydrogens (tertiary/aromatic N) is 1. The molecule has 0 saturated carbocycles. The van der Waals surface area contributed by atoms with Crippen LogP contribution < -0.4 is 4.74 Å². The number of hydrogen-bond donors (Lipinski definition) is 2. The highest BCUT2D eigenvalue weighted by atomic mass is 16.5. The highest BCUT2D eigenvalue weighted by Gasteiger charge is 2.27. The normalized spacial score (nSPS) is 20.4. The van der Waals surface area contributed by atoms with E-state index in [1.165, 1.54) is 0 Å². The van der Waals surface area contributed by atoms with E-state index in [1.807, 2.05) is 4.90 Å². The minimum atomic E-state index is -0.778.